The number of hydrogen-bond donors (Lipinski definition) is 1. The first-order valence-corrected chi connectivity index (χ1v) is 4.01. The quantitative estimate of drug-likeness (QED) is 0.651. The van der Waals surface area contributed by atoms with Gasteiger partial charge in [-0.25, -0.2) is 4.68 Å². The molecule has 0 aliphatic rings. The summed E-state index contributed by atoms with van der Waals surface area (Å²) in [4.78, 5) is 0.517. The molecule has 3 nitrogen and oxygen atoms in total. The summed E-state index contributed by atoms with van der Waals surface area (Å²) in [6.45, 7) is 4.16. The largest absolute Gasteiger partial charge is 0.274 e. The Bertz CT molecular complexity index is 271. The summed E-state index contributed by atoms with van der Waals surface area (Å²) in [5.41, 5.74) is 0. The molecule has 1 heterocycles. The third-order valence-corrected chi connectivity index (χ3v) is 2.46. The molecule has 0 atom stereocenters. The Kier molecular flexibility index (Phi) is 1.89. The fraction of sp³-hybridized carbons (Fsp3) is 0.667. The average Bonchev–Trinajstić information content (AvgIpc) is 2.13. The molecule has 10 heavy (non-hydrogen) atoms. The Labute approximate surface area is 63.8 Å². The summed E-state index contributed by atoms with van der Waals surface area (Å²) in [5, 5.41) is 12.5. The van der Waals surface area contributed by atoms with Crippen molar-refractivity contribution in [2.75, 3.05) is 0 Å². The number of hydrogen-bond acceptors (Lipinski definition) is 3. The molecular formula is C6H11N3S. The molecule has 1 aromatic rings. The van der Waals surface area contributed by atoms with Gasteiger partial charge in [0.15, 0.2) is 4.80 Å². The van der Waals surface area contributed by atoms with Crippen molar-refractivity contribution < 1.29 is 0 Å². The second kappa shape index (κ2) is 2.54. The maximum atomic E-state index is 7.35. The molecule has 0 aliphatic heterocycles. The molecular weight excluding hydrogens is 146 g/mol. The lowest BCUT2D eigenvalue weighted by Crippen LogP contribution is -2.08. The van der Waals surface area contributed by atoms with E-state index >= 15 is 0 Å². The van der Waals surface area contributed by atoms with Crippen LogP contribution < -0.4 is 4.80 Å². The van der Waals surface area contributed by atoms with E-state index in [2.05, 4.69) is 18.9 Å². The maximum absolute atomic E-state index is 7.35. The van der Waals surface area contributed by atoms with E-state index in [1.165, 1.54) is 11.3 Å². The van der Waals surface area contributed by atoms with E-state index in [-0.39, 0.29) is 0 Å². The molecule has 1 aromatic heterocycles. The minimum Gasteiger partial charge on any atom is -0.274 e. The van der Waals surface area contributed by atoms with Crippen molar-refractivity contribution in [2.24, 2.45) is 7.05 Å². The van der Waals surface area contributed by atoms with Crippen molar-refractivity contribution >= 4 is 11.3 Å². The standard InChI is InChI=1S/C6H11N3S/c1-4(2)5-8-9(3)6(7)10-5/h4,7H,1-3H3. The predicted molar refractivity (Wildman–Crippen MR) is 41.0 cm³/mol. The van der Waals surface area contributed by atoms with Crippen LogP contribution in [0.3, 0.4) is 0 Å². The zero-order chi connectivity index (χ0) is 7.72. The first-order chi connectivity index (χ1) is 4.61. The van der Waals surface area contributed by atoms with Crippen LogP contribution >= 0.6 is 11.3 Å². The van der Waals surface area contributed by atoms with Crippen molar-refractivity contribution in [3.63, 3.8) is 0 Å². The monoisotopic (exact) mass is 157 g/mol. The number of aryl methyl sites for hydroxylation is 1. The highest BCUT2D eigenvalue weighted by molar-refractivity contribution is 7.08. The summed E-state index contributed by atoms with van der Waals surface area (Å²) in [7, 11) is 1.80. The minimum atomic E-state index is 0.440. The van der Waals surface area contributed by atoms with Crippen LogP contribution in [0.4, 0.5) is 0 Å². The van der Waals surface area contributed by atoms with Crippen LogP contribution in [-0.2, 0) is 7.05 Å². The maximum Gasteiger partial charge on any atom is 0.199 e. The lowest BCUT2D eigenvalue weighted by molar-refractivity contribution is 0.683. The van der Waals surface area contributed by atoms with Gasteiger partial charge in [0.1, 0.15) is 5.01 Å². The Morgan fingerprint density at radius 3 is 2.40 bits per heavy atom. The summed E-state index contributed by atoms with van der Waals surface area (Å²) in [6.07, 6.45) is 0. The smallest absolute Gasteiger partial charge is 0.199 e. The molecule has 56 valence electrons. The second-order valence-corrected chi connectivity index (χ2v) is 3.53. The van der Waals surface area contributed by atoms with E-state index in [0.717, 1.165) is 5.01 Å². The van der Waals surface area contributed by atoms with E-state index in [9.17, 15) is 0 Å². The molecule has 1 N–H and O–H groups in total. The van der Waals surface area contributed by atoms with E-state index in [0.29, 0.717) is 10.7 Å². The highest BCUT2D eigenvalue weighted by atomic mass is 32.1. The van der Waals surface area contributed by atoms with Gasteiger partial charge in [0.2, 0.25) is 0 Å². The third kappa shape index (κ3) is 1.26. The van der Waals surface area contributed by atoms with Gasteiger partial charge >= 0.3 is 0 Å². The molecule has 0 saturated heterocycles. The minimum absolute atomic E-state index is 0.440. The first kappa shape index (κ1) is 7.47. The number of nitrogens with one attached hydrogen (secondary N) is 1. The van der Waals surface area contributed by atoms with E-state index in [4.69, 9.17) is 5.41 Å². The SMILES string of the molecule is CC(C)c1nn(C)c(=N)s1. The molecule has 4 heteroatoms. The highest BCUT2D eigenvalue weighted by Gasteiger charge is 2.03. The van der Waals surface area contributed by atoms with Gasteiger partial charge < -0.3 is 0 Å². The lowest BCUT2D eigenvalue weighted by Gasteiger charge is -1.93. The van der Waals surface area contributed by atoms with Gasteiger partial charge in [-0.3, -0.25) is 5.41 Å². The number of rotatable bonds is 1. The Morgan fingerprint density at radius 1 is 1.60 bits per heavy atom. The molecule has 0 aromatic carbocycles. The summed E-state index contributed by atoms with van der Waals surface area (Å²) >= 11 is 1.44. The van der Waals surface area contributed by atoms with E-state index in [1.54, 1.807) is 11.7 Å². The van der Waals surface area contributed by atoms with Crippen molar-refractivity contribution in [1.82, 2.24) is 9.78 Å². The van der Waals surface area contributed by atoms with Crippen LogP contribution in [-0.4, -0.2) is 9.78 Å². The summed E-state index contributed by atoms with van der Waals surface area (Å²) < 4.78 is 1.60. The Hall–Kier alpha value is -0.640. The van der Waals surface area contributed by atoms with Gasteiger partial charge in [-0.15, -0.1) is 0 Å². The normalized spacial score (nSPS) is 10.8. The van der Waals surface area contributed by atoms with Crippen LogP contribution in [0.5, 0.6) is 0 Å². The average molecular weight is 157 g/mol. The van der Waals surface area contributed by atoms with Gasteiger partial charge in [0.25, 0.3) is 0 Å². The van der Waals surface area contributed by atoms with Gasteiger partial charge in [-0.2, -0.15) is 5.10 Å². The first-order valence-electron chi connectivity index (χ1n) is 3.20. The molecule has 0 bridgehead atoms. The molecule has 0 spiro atoms. The zero-order valence-corrected chi connectivity index (χ0v) is 7.20. The second-order valence-electron chi connectivity index (χ2n) is 2.52. The van der Waals surface area contributed by atoms with Crippen molar-refractivity contribution in [1.29, 1.82) is 5.41 Å². The van der Waals surface area contributed by atoms with Crippen LogP contribution in [0.1, 0.15) is 24.8 Å². The van der Waals surface area contributed by atoms with Crippen LogP contribution in [0.15, 0.2) is 0 Å². The van der Waals surface area contributed by atoms with E-state index in [1.807, 2.05) is 0 Å². The highest BCUT2D eigenvalue weighted by Crippen LogP contribution is 2.11. The van der Waals surface area contributed by atoms with Crippen molar-refractivity contribution in [3.05, 3.63) is 9.81 Å². The summed E-state index contributed by atoms with van der Waals surface area (Å²) in [6, 6.07) is 0. The van der Waals surface area contributed by atoms with Gasteiger partial charge in [-0.05, 0) is 0 Å². The molecule has 0 aliphatic carbocycles. The van der Waals surface area contributed by atoms with Crippen LogP contribution in [0.2, 0.25) is 0 Å². The number of nitrogens with zero attached hydrogens (tertiary/aromatic N) is 2. The topological polar surface area (TPSA) is 41.7 Å². The fourth-order valence-corrected chi connectivity index (χ4v) is 1.38. The van der Waals surface area contributed by atoms with Gasteiger partial charge in [0.05, 0.1) is 0 Å². The van der Waals surface area contributed by atoms with Crippen molar-refractivity contribution in [2.45, 2.75) is 19.8 Å². The van der Waals surface area contributed by atoms with Crippen LogP contribution in [0, 0.1) is 5.41 Å². The molecule has 0 radical (unpaired) electrons. The van der Waals surface area contributed by atoms with E-state index < -0.39 is 0 Å². The van der Waals surface area contributed by atoms with Gasteiger partial charge in [0, 0.05) is 13.0 Å². The van der Waals surface area contributed by atoms with Gasteiger partial charge in [-0.1, -0.05) is 25.2 Å². The molecule has 1 rings (SSSR count). The molecule has 0 saturated carbocycles. The molecule has 0 amide bonds. The summed E-state index contributed by atoms with van der Waals surface area (Å²) in [5.74, 6) is 0.440. The third-order valence-electron chi connectivity index (χ3n) is 1.24. The Balaban J connectivity index is 3.10. The predicted octanol–water partition coefficient (Wildman–Crippen LogP) is 1.08. The van der Waals surface area contributed by atoms with Crippen molar-refractivity contribution in [3.8, 4) is 0 Å². The van der Waals surface area contributed by atoms with Crippen LogP contribution in [0.25, 0.3) is 0 Å². The zero-order valence-electron chi connectivity index (χ0n) is 6.38. The molecule has 0 fully saturated rings. The number of aromatic nitrogens is 2. The lowest BCUT2D eigenvalue weighted by atomic mass is 10.2. The Morgan fingerprint density at radius 2 is 2.20 bits per heavy atom. The fourth-order valence-electron chi connectivity index (χ4n) is 0.612. The molecule has 0 unspecified atom stereocenters.